The van der Waals surface area contributed by atoms with E-state index in [-0.39, 0.29) is 5.91 Å². The van der Waals surface area contributed by atoms with Gasteiger partial charge in [-0.3, -0.25) is 4.79 Å². The van der Waals surface area contributed by atoms with Crippen molar-refractivity contribution in [3.8, 4) is 0 Å². The molecule has 0 aliphatic heterocycles. The Morgan fingerprint density at radius 3 is 2.70 bits per heavy atom. The van der Waals surface area contributed by atoms with Gasteiger partial charge in [0.25, 0.3) is 5.91 Å². The third kappa shape index (κ3) is 2.85. The Hall–Kier alpha value is -2.23. The van der Waals surface area contributed by atoms with Gasteiger partial charge in [0.05, 0.1) is 11.3 Å². The summed E-state index contributed by atoms with van der Waals surface area (Å²) < 4.78 is 0. The van der Waals surface area contributed by atoms with Crippen LogP contribution >= 0.6 is 0 Å². The molecule has 0 bridgehead atoms. The summed E-state index contributed by atoms with van der Waals surface area (Å²) in [6.45, 7) is 2.38. The fraction of sp³-hybridized carbons (Fsp3) is 0.312. The molecule has 1 heterocycles. The highest BCUT2D eigenvalue weighted by molar-refractivity contribution is 5.94. The smallest absolute Gasteiger partial charge is 0.254 e. The van der Waals surface area contributed by atoms with Crippen molar-refractivity contribution < 1.29 is 4.79 Å². The Kier molecular flexibility index (Phi) is 3.46. The molecule has 1 aliphatic rings. The Morgan fingerprint density at radius 2 is 2.05 bits per heavy atom. The quantitative estimate of drug-likeness (QED) is 0.926. The van der Waals surface area contributed by atoms with Crippen LogP contribution in [0.1, 0.15) is 46.2 Å². The van der Waals surface area contributed by atoms with Crippen LogP contribution in [0.2, 0.25) is 0 Å². The van der Waals surface area contributed by atoms with Crippen molar-refractivity contribution in [3.05, 3.63) is 59.2 Å². The van der Waals surface area contributed by atoms with Crippen molar-refractivity contribution in [3.63, 3.8) is 0 Å². The maximum absolute atomic E-state index is 12.1. The first-order chi connectivity index (χ1) is 9.74. The number of aryl methyl sites for hydroxylation is 1. The minimum Gasteiger partial charge on any atom is -0.348 e. The SMILES string of the molecule is Cc1nc(C2CC2)ncc1C(=O)NCc1ccccc1. The van der Waals surface area contributed by atoms with E-state index in [1.165, 1.54) is 12.8 Å². The van der Waals surface area contributed by atoms with Crippen LogP contribution in [-0.4, -0.2) is 15.9 Å². The Labute approximate surface area is 118 Å². The molecule has 1 N–H and O–H groups in total. The summed E-state index contributed by atoms with van der Waals surface area (Å²) in [7, 11) is 0. The lowest BCUT2D eigenvalue weighted by molar-refractivity contribution is 0.0949. The molecule has 1 aromatic heterocycles. The van der Waals surface area contributed by atoms with Crippen LogP contribution in [-0.2, 0) is 6.54 Å². The lowest BCUT2D eigenvalue weighted by Crippen LogP contribution is -2.24. The summed E-state index contributed by atoms with van der Waals surface area (Å²) in [6, 6.07) is 9.85. The van der Waals surface area contributed by atoms with E-state index in [2.05, 4.69) is 15.3 Å². The van der Waals surface area contributed by atoms with Crippen LogP contribution < -0.4 is 5.32 Å². The molecule has 0 spiro atoms. The molecular formula is C16H17N3O. The molecule has 102 valence electrons. The number of hydrogen-bond donors (Lipinski definition) is 1. The van der Waals surface area contributed by atoms with E-state index in [4.69, 9.17) is 0 Å². The van der Waals surface area contributed by atoms with Gasteiger partial charge in [-0.15, -0.1) is 0 Å². The van der Waals surface area contributed by atoms with Gasteiger partial charge < -0.3 is 5.32 Å². The molecule has 4 nitrogen and oxygen atoms in total. The third-order valence-corrected chi connectivity index (χ3v) is 3.48. The second kappa shape index (κ2) is 5.41. The number of carbonyl (C=O) groups is 1. The summed E-state index contributed by atoms with van der Waals surface area (Å²) in [5.74, 6) is 1.27. The van der Waals surface area contributed by atoms with Gasteiger partial charge >= 0.3 is 0 Å². The first kappa shape index (κ1) is 12.8. The summed E-state index contributed by atoms with van der Waals surface area (Å²) in [6.07, 6.45) is 3.98. The molecule has 3 rings (SSSR count). The standard InChI is InChI=1S/C16H17N3O/c1-11-14(10-17-15(19-11)13-7-8-13)16(20)18-9-12-5-3-2-4-6-12/h2-6,10,13H,7-9H2,1H3,(H,18,20). The fourth-order valence-electron chi connectivity index (χ4n) is 2.12. The number of nitrogens with zero attached hydrogens (tertiary/aromatic N) is 2. The van der Waals surface area contributed by atoms with Crippen molar-refractivity contribution >= 4 is 5.91 Å². The molecule has 0 atom stereocenters. The molecule has 2 aromatic rings. The zero-order valence-electron chi connectivity index (χ0n) is 11.5. The van der Waals surface area contributed by atoms with E-state index in [0.717, 1.165) is 17.1 Å². The highest BCUT2D eigenvalue weighted by Gasteiger charge is 2.27. The average molecular weight is 267 g/mol. The van der Waals surface area contributed by atoms with Gasteiger partial charge in [0, 0.05) is 18.7 Å². The lowest BCUT2D eigenvalue weighted by Gasteiger charge is -2.08. The van der Waals surface area contributed by atoms with Crippen molar-refractivity contribution in [2.24, 2.45) is 0 Å². The molecule has 1 fully saturated rings. The van der Waals surface area contributed by atoms with Gasteiger partial charge in [0.2, 0.25) is 0 Å². The zero-order valence-corrected chi connectivity index (χ0v) is 11.5. The molecule has 1 saturated carbocycles. The Balaban J connectivity index is 1.67. The van der Waals surface area contributed by atoms with Crippen LogP contribution in [0.4, 0.5) is 0 Å². The number of hydrogen-bond acceptors (Lipinski definition) is 3. The minimum atomic E-state index is -0.117. The molecule has 1 aromatic carbocycles. The average Bonchev–Trinajstić information content (AvgIpc) is 3.30. The normalized spacial score (nSPS) is 14.1. The molecule has 0 unspecified atom stereocenters. The molecule has 4 heteroatoms. The largest absolute Gasteiger partial charge is 0.348 e. The fourth-order valence-corrected chi connectivity index (χ4v) is 2.12. The van der Waals surface area contributed by atoms with Crippen LogP contribution in [0.3, 0.4) is 0 Å². The molecule has 20 heavy (non-hydrogen) atoms. The van der Waals surface area contributed by atoms with Gasteiger partial charge in [-0.25, -0.2) is 9.97 Å². The van der Waals surface area contributed by atoms with Gasteiger partial charge in [0.1, 0.15) is 5.82 Å². The van der Waals surface area contributed by atoms with E-state index >= 15 is 0 Å². The monoisotopic (exact) mass is 267 g/mol. The van der Waals surface area contributed by atoms with Gasteiger partial charge in [0.15, 0.2) is 0 Å². The van der Waals surface area contributed by atoms with E-state index in [1.807, 2.05) is 37.3 Å². The number of rotatable bonds is 4. The summed E-state index contributed by atoms with van der Waals surface area (Å²) in [4.78, 5) is 20.9. The van der Waals surface area contributed by atoms with Crippen molar-refractivity contribution in [1.29, 1.82) is 0 Å². The van der Waals surface area contributed by atoms with Gasteiger partial charge in [-0.1, -0.05) is 30.3 Å². The molecular weight excluding hydrogens is 250 g/mol. The van der Waals surface area contributed by atoms with Crippen LogP contribution in [0.25, 0.3) is 0 Å². The Bertz CT molecular complexity index is 621. The van der Waals surface area contributed by atoms with Crippen molar-refractivity contribution in [1.82, 2.24) is 15.3 Å². The van der Waals surface area contributed by atoms with Crippen LogP contribution in [0.15, 0.2) is 36.5 Å². The van der Waals surface area contributed by atoms with Gasteiger partial charge in [-0.2, -0.15) is 0 Å². The van der Waals surface area contributed by atoms with E-state index in [0.29, 0.717) is 18.0 Å². The van der Waals surface area contributed by atoms with Crippen molar-refractivity contribution in [2.75, 3.05) is 0 Å². The third-order valence-electron chi connectivity index (χ3n) is 3.48. The topological polar surface area (TPSA) is 54.9 Å². The second-order valence-electron chi connectivity index (χ2n) is 5.17. The van der Waals surface area contributed by atoms with Crippen molar-refractivity contribution in [2.45, 2.75) is 32.2 Å². The zero-order chi connectivity index (χ0) is 13.9. The molecule has 1 aliphatic carbocycles. The number of amides is 1. The highest BCUT2D eigenvalue weighted by Crippen LogP contribution is 2.37. The number of aromatic nitrogens is 2. The highest BCUT2D eigenvalue weighted by atomic mass is 16.1. The lowest BCUT2D eigenvalue weighted by atomic mass is 10.2. The van der Waals surface area contributed by atoms with E-state index in [1.54, 1.807) is 6.20 Å². The van der Waals surface area contributed by atoms with Crippen LogP contribution in [0.5, 0.6) is 0 Å². The van der Waals surface area contributed by atoms with E-state index < -0.39 is 0 Å². The summed E-state index contributed by atoms with van der Waals surface area (Å²) >= 11 is 0. The molecule has 1 amide bonds. The minimum absolute atomic E-state index is 0.117. The maximum atomic E-state index is 12.1. The van der Waals surface area contributed by atoms with E-state index in [9.17, 15) is 4.79 Å². The first-order valence-electron chi connectivity index (χ1n) is 6.89. The predicted octanol–water partition coefficient (Wildman–Crippen LogP) is 2.59. The summed E-state index contributed by atoms with van der Waals surface area (Å²) in [5.41, 5.74) is 2.40. The van der Waals surface area contributed by atoms with Gasteiger partial charge in [-0.05, 0) is 25.3 Å². The molecule has 0 saturated heterocycles. The maximum Gasteiger partial charge on any atom is 0.254 e. The number of nitrogens with one attached hydrogen (secondary N) is 1. The predicted molar refractivity (Wildman–Crippen MR) is 76.4 cm³/mol. The summed E-state index contributed by atoms with van der Waals surface area (Å²) in [5, 5.41) is 2.90. The number of carbonyl (C=O) groups excluding carboxylic acids is 1. The Morgan fingerprint density at radius 1 is 1.30 bits per heavy atom. The second-order valence-corrected chi connectivity index (χ2v) is 5.17. The number of benzene rings is 1. The molecule has 0 radical (unpaired) electrons. The first-order valence-corrected chi connectivity index (χ1v) is 6.89. The van der Waals surface area contributed by atoms with Crippen LogP contribution in [0, 0.1) is 6.92 Å².